The maximum absolute atomic E-state index is 13.0. The van der Waals surface area contributed by atoms with E-state index in [1.54, 1.807) is 0 Å². The van der Waals surface area contributed by atoms with Gasteiger partial charge in [-0.25, -0.2) is 0 Å². The summed E-state index contributed by atoms with van der Waals surface area (Å²) in [6, 6.07) is 20.6. The van der Waals surface area contributed by atoms with E-state index in [-0.39, 0.29) is 5.92 Å². The summed E-state index contributed by atoms with van der Waals surface area (Å²) >= 11 is 0. The summed E-state index contributed by atoms with van der Waals surface area (Å²) < 4.78 is 0. The molecule has 0 heterocycles. The van der Waals surface area contributed by atoms with Gasteiger partial charge in [-0.05, 0) is 30.9 Å². The lowest BCUT2D eigenvalue weighted by molar-refractivity contribution is -0.135. The van der Waals surface area contributed by atoms with Gasteiger partial charge in [0.15, 0.2) is 0 Å². The van der Waals surface area contributed by atoms with Gasteiger partial charge in [0.25, 0.3) is 0 Å². The van der Waals surface area contributed by atoms with Crippen molar-refractivity contribution in [2.24, 2.45) is 5.92 Å². The Labute approximate surface area is 151 Å². The van der Waals surface area contributed by atoms with E-state index in [4.69, 9.17) is 0 Å². The first-order valence-corrected chi connectivity index (χ1v) is 9.27. The molecule has 1 aliphatic carbocycles. The Morgan fingerprint density at radius 1 is 1.00 bits per heavy atom. The maximum Gasteiger partial charge on any atom is 0.226 e. The van der Waals surface area contributed by atoms with Gasteiger partial charge in [0, 0.05) is 19.0 Å². The summed E-state index contributed by atoms with van der Waals surface area (Å²) in [5.41, 5.74) is 3.60. The molecule has 0 aliphatic heterocycles. The first-order valence-electron chi connectivity index (χ1n) is 9.27. The summed E-state index contributed by atoms with van der Waals surface area (Å²) in [5.74, 6) is 0.537. The summed E-state index contributed by atoms with van der Waals surface area (Å²) in [7, 11) is 0. The molecule has 2 aromatic rings. The number of carbonyl (C=O) groups excluding carboxylic acids is 1. The Morgan fingerprint density at radius 2 is 1.60 bits per heavy atom. The van der Waals surface area contributed by atoms with E-state index in [0.29, 0.717) is 19.0 Å². The van der Waals surface area contributed by atoms with E-state index >= 15 is 0 Å². The molecule has 0 unspecified atom stereocenters. The molecule has 1 fully saturated rings. The zero-order valence-electron chi connectivity index (χ0n) is 15.0. The van der Waals surface area contributed by atoms with Crippen LogP contribution in [0.3, 0.4) is 0 Å². The Hall–Kier alpha value is -2.35. The number of hydrogen-bond acceptors (Lipinski definition) is 1. The van der Waals surface area contributed by atoms with Crippen LogP contribution in [0, 0.1) is 5.92 Å². The fourth-order valence-electron chi connectivity index (χ4n) is 3.63. The SMILES string of the molecule is C/C(=C\c1ccccc1)CN(Cc1ccccc1)C(=O)C1CCCC1. The third-order valence-corrected chi connectivity index (χ3v) is 4.89. The fourth-order valence-corrected chi connectivity index (χ4v) is 3.63. The van der Waals surface area contributed by atoms with Crippen LogP contribution in [0.4, 0.5) is 0 Å². The first kappa shape index (κ1) is 17.5. The molecule has 0 atom stereocenters. The highest BCUT2D eigenvalue weighted by atomic mass is 16.2. The number of hydrogen-bond donors (Lipinski definition) is 0. The molecule has 0 aromatic heterocycles. The molecule has 1 amide bonds. The lowest BCUT2D eigenvalue weighted by Gasteiger charge is -2.26. The largest absolute Gasteiger partial charge is 0.334 e. The molecule has 130 valence electrons. The van der Waals surface area contributed by atoms with Crippen LogP contribution in [0.2, 0.25) is 0 Å². The minimum absolute atomic E-state index is 0.216. The van der Waals surface area contributed by atoms with E-state index < -0.39 is 0 Å². The van der Waals surface area contributed by atoms with Gasteiger partial charge >= 0.3 is 0 Å². The Kier molecular flexibility index (Phi) is 6.05. The smallest absolute Gasteiger partial charge is 0.226 e. The van der Waals surface area contributed by atoms with Crippen LogP contribution in [-0.2, 0) is 11.3 Å². The van der Waals surface area contributed by atoms with Crippen LogP contribution < -0.4 is 0 Å². The van der Waals surface area contributed by atoms with Crippen molar-refractivity contribution in [2.45, 2.75) is 39.2 Å². The van der Waals surface area contributed by atoms with Crippen LogP contribution in [-0.4, -0.2) is 17.4 Å². The molecule has 0 radical (unpaired) electrons. The molecule has 0 N–H and O–H groups in total. The average molecular weight is 333 g/mol. The van der Waals surface area contributed by atoms with Crippen molar-refractivity contribution in [3.63, 3.8) is 0 Å². The second-order valence-corrected chi connectivity index (χ2v) is 7.06. The monoisotopic (exact) mass is 333 g/mol. The van der Waals surface area contributed by atoms with Gasteiger partial charge in [-0.2, -0.15) is 0 Å². The zero-order chi connectivity index (χ0) is 17.5. The molecule has 3 rings (SSSR count). The van der Waals surface area contributed by atoms with Crippen molar-refractivity contribution in [3.8, 4) is 0 Å². The van der Waals surface area contributed by atoms with Gasteiger partial charge in [-0.3, -0.25) is 4.79 Å². The number of benzene rings is 2. The minimum atomic E-state index is 0.216. The quantitative estimate of drug-likeness (QED) is 0.701. The van der Waals surface area contributed by atoms with Crippen LogP contribution in [0.25, 0.3) is 6.08 Å². The highest BCUT2D eigenvalue weighted by molar-refractivity contribution is 5.79. The number of nitrogens with zero attached hydrogens (tertiary/aromatic N) is 1. The van der Waals surface area contributed by atoms with E-state index in [2.05, 4.69) is 37.3 Å². The Balaban J connectivity index is 1.75. The van der Waals surface area contributed by atoms with Crippen molar-refractivity contribution >= 4 is 12.0 Å². The molecule has 1 aliphatic rings. The van der Waals surface area contributed by atoms with Crippen LogP contribution in [0.1, 0.15) is 43.7 Å². The molecule has 0 bridgehead atoms. The maximum atomic E-state index is 13.0. The van der Waals surface area contributed by atoms with Crippen molar-refractivity contribution in [2.75, 3.05) is 6.54 Å². The van der Waals surface area contributed by atoms with Gasteiger partial charge in [-0.1, -0.05) is 85.2 Å². The molecule has 1 saturated carbocycles. The van der Waals surface area contributed by atoms with Crippen LogP contribution in [0.5, 0.6) is 0 Å². The van der Waals surface area contributed by atoms with Gasteiger partial charge < -0.3 is 4.90 Å². The molecule has 2 heteroatoms. The van der Waals surface area contributed by atoms with Crippen molar-refractivity contribution in [1.82, 2.24) is 4.90 Å². The molecular formula is C23H27NO. The molecular weight excluding hydrogens is 306 g/mol. The van der Waals surface area contributed by atoms with E-state index in [9.17, 15) is 4.79 Å². The van der Waals surface area contributed by atoms with Gasteiger partial charge in [0.2, 0.25) is 5.91 Å². The lowest BCUT2D eigenvalue weighted by Crippen LogP contribution is -2.36. The summed E-state index contributed by atoms with van der Waals surface area (Å²) in [4.78, 5) is 15.1. The van der Waals surface area contributed by atoms with E-state index in [0.717, 1.165) is 12.8 Å². The highest BCUT2D eigenvalue weighted by Gasteiger charge is 2.27. The normalized spacial score (nSPS) is 15.3. The highest BCUT2D eigenvalue weighted by Crippen LogP contribution is 2.27. The third kappa shape index (κ3) is 5.06. The van der Waals surface area contributed by atoms with Gasteiger partial charge in [0.1, 0.15) is 0 Å². The number of amides is 1. The summed E-state index contributed by atoms with van der Waals surface area (Å²) in [6.45, 7) is 3.50. The predicted molar refractivity (Wildman–Crippen MR) is 104 cm³/mol. The second-order valence-electron chi connectivity index (χ2n) is 7.06. The first-order chi connectivity index (χ1) is 12.2. The van der Waals surface area contributed by atoms with Crippen LogP contribution >= 0.6 is 0 Å². The van der Waals surface area contributed by atoms with Crippen molar-refractivity contribution < 1.29 is 4.79 Å². The average Bonchev–Trinajstić information content (AvgIpc) is 3.17. The topological polar surface area (TPSA) is 20.3 Å². The lowest BCUT2D eigenvalue weighted by atomic mass is 10.0. The van der Waals surface area contributed by atoms with E-state index in [1.807, 2.05) is 41.3 Å². The van der Waals surface area contributed by atoms with Crippen molar-refractivity contribution in [3.05, 3.63) is 77.4 Å². The zero-order valence-corrected chi connectivity index (χ0v) is 15.0. The molecule has 2 nitrogen and oxygen atoms in total. The Bertz CT molecular complexity index is 699. The predicted octanol–water partition coefficient (Wildman–Crippen LogP) is 5.31. The minimum Gasteiger partial charge on any atom is -0.334 e. The van der Waals surface area contributed by atoms with E-state index in [1.165, 1.54) is 29.5 Å². The number of rotatable bonds is 6. The third-order valence-electron chi connectivity index (χ3n) is 4.89. The Morgan fingerprint density at radius 3 is 2.24 bits per heavy atom. The molecule has 2 aromatic carbocycles. The molecule has 0 saturated heterocycles. The van der Waals surface area contributed by atoms with Crippen LogP contribution in [0.15, 0.2) is 66.2 Å². The molecule has 25 heavy (non-hydrogen) atoms. The fraction of sp³-hybridized carbons (Fsp3) is 0.348. The van der Waals surface area contributed by atoms with Gasteiger partial charge in [0.05, 0.1) is 0 Å². The standard InChI is InChI=1S/C23H27NO/c1-19(16-20-10-4-2-5-11-20)17-24(18-21-12-6-3-7-13-21)23(25)22-14-8-9-15-22/h2-7,10-13,16,22H,8-9,14-15,17-18H2,1H3/b19-16+. The van der Waals surface area contributed by atoms with Crippen molar-refractivity contribution in [1.29, 1.82) is 0 Å². The summed E-state index contributed by atoms with van der Waals surface area (Å²) in [6.07, 6.45) is 6.65. The number of carbonyl (C=O) groups is 1. The second kappa shape index (κ2) is 8.66. The van der Waals surface area contributed by atoms with Gasteiger partial charge in [-0.15, -0.1) is 0 Å². The molecule has 0 spiro atoms. The summed E-state index contributed by atoms with van der Waals surface area (Å²) in [5, 5.41) is 0.